The Bertz CT molecular complexity index is 441. The lowest BCUT2D eigenvalue weighted by Crippen LogP contribution is -2.30. The number of rotatable bonds is 4. The standard InChI is InChI=1S/C13H18N2O2/c1-8(9-3-4-9)15(2)10-5-6-12(14)11(7-10)13(16)17/h5-9H,3-4,14H2,1-2H3,(H,16,17). The smallest absolute Gasteiger partial charge is 0.337 e. The van der Waals surface area contributed by atoms with Gasteiger partial charge in [0.2, 0.25) is 0 Å². The van der Waals surface area contributed by atoms with Crippen molar-refractivity contribution < 1.29 is 9.90 Å². The second kappa shape index (κ2) is 4.28. The second-order valence-electron chi connectivity index (χ2n) is 4.77. The molecular weight excluding hydrogens is 216 g/mol. The molecule has 0 radical (unpaired) electrons. The predicted molar refractivity (Wildman–Crippen MR) is 68.4 cm³/mol. The fourth-order valence-corrected chi connectivity index (χ4v) is 2.08. The molecule has 2 rings (SSSR count). The highest BCUT2D eigenvalue weighted by atomic mass is 16.4. The highest BCUT2D eigenvalue weighted by Crippen LogP contribution is 2.36. The third kappa shape index (κ3) is 2.35. The van der Waals surface area contributed by atoms with E-state index in [0.717, 1.165) is 11.6 Å². The summed E-state index contributed by atoms with van der Waals surface area (Å²) in [4.78, 5) is 13.1. The number of hydrogen-bond donors (Lipinski definition) is 2. The second-order valence-corrected chi connectivity index (χ2v) is 4.77. The molecule has 4 heteroatoms. The molecule has 1 fully saturated rings. The van der Waals surface area contributed by atoms with E-state index in [2.05, 4.69) is 11.8 Å². The summed E-state index contributed by atoms with van der Waals surface area (Å²) in [6.07, 6.45) is 2.54. The summed E-state index contributed by atoms with van der Waals surface area (Å²) in [5, 5.41) is 9.03. The van der Waals surface area contributed by atoms with Crippen LogP contribution in [-0.2, 0) is 0 Å². The van der Waals surface area contributed by atoms with Gasteiger partial charge in [0.05, 0.1) is 5.56 Å². The zero-order valence-electron chi connectivity index (χ0n) is 10.2. The molecule has 1 atom stereocenters. The first kappa shape index (κ1) is 11.8. The maximum atomic E-state index is 11.0. The van der Waals surface area contributed by atoms with Gasteiger partial charge in [0, 0.05) is 24.5 Å². The summed E-state index contributed by atoms with van der Waals surface area (Å²) in [6.45, 7) is 2.18. The topological polar surface area (TPSA) is 66.6 Å². The van der Waals surface area contributed by atoms with Crippen molar-refractivity contribution in [3.05, 3.63) is 23.8 Å². The van der Waals surface area contributed by atoms with Crippen molar-refractivity contribution in [3.63, 3.8) is 0 Å². The molecule has 1 aliphatic rings. The molecule has 0 spiro atoms. The Hall–Kier alpha value is -1.71. The number of anilines is 2. The Morgan fingerprint density at radius 3 is 2.71 bits per heavy atom. The number of carbonyl (C=O) groups is 1. The molecule has 17 heavy (non-hydrogen) atoms. The van der Waals surface area contributed by atoms with Crippen molar-refractivity contribution in [2.45, 2.75) is 25.8 Å². The summed E-state index contributed by atoms with van der Waals surface area (Å²) in [5.74, 6) is -0.234. The van der Waals surface area contributed by atoms with Gasteiger partial charge in [-0.3, -0.25) is 0 Å². The van der Waals surface area contributed by atoms with E-state index in [-0.39, 0.29) is 5.56 Å². The fraction of sp³-hybridized carbons (Fsp3) is 0.462. The number of nitrogens with two attached hydrogens (primary N) is 1. The number of aromatic carboxylic acids is 1. The van der Waals surface area contributed by atoms with Crippen LogP contribution >= 0.6 is 0 Å². The van der Waals surface area contributed by atoms with E-state index in [0.29, 0.717) is 11.7 Å². The first-order valence-electron chi connectivity index (χ1n) is 5.86. The molecule has 0 aromatic heterocycles. The van der Waals surface area contributed by atoms with Crippen LogP contribution in [0.1, 0.15) is 30.1 Å². The summed E-state index contributed by atoms with van der Waals surface area (Å²) in [5.41, 5.74) is 7.04. The zero-order chi connectivity index (χ0) is 12.6. The molecule has 4 nitrogen and oxygen atoms in total. The van der Waals surface area contributed by atoms with E-state index in [9.17, 15) is 4.79 Å². The Morgan fingerprint density at radius 2 is 2.18 bits per heavy atom. The van der Waals surface area contributed by atoms with Crippen molar-refractivity contribution >= 4 is 17.3 Å². The summed E-state index contributed by atoms with van der Waals surface area (Å²) >= 11 is 0. The van der Waals surface area contributed by atoms with Crippen LogP contribution in [0.25, 0.3) is 0 Å². The van der Waals surface area contributed by atoms with Gasteiger partial charge in [0.15, 0.2) is 0 Å². The van der Waals surface area contributed by atoms with Gasteiger partial charge < -0.3 is 15.7 Å². The molecule has 0 amide bonds. The van der Waals surface area contributed by atoms with E-state index < -0.39 is 5.97 Å². The molecule has 0 bridgehead atoms. The van der Waals surface area contributed by atoms with Crippen LogP contribution in [-0.4, -0.2) is 24.2 Å². The lowest BCUT2D eigenvalue weighted by molar-refractivity contribution is 0.0698. The van der Waals surface area contributed by atoms with Crippen LogP contribution < -0.4 is 10.6 Å². The first-order chi connectivity index (χ1) is 8.00. The van der Waals surface area contributed by atoms with E-state index in [4.69, 9.17) is 10.8 Å². The highest BCUT2D eigenvalue weighted by molar-refractivity contribution is 5.94. The number of carboxylic acids is 1. The van der Waals surface area contributed by atoms with Crippen LogP contribution in [0.15, 0.2) is 18.2 Å². The highest BCUT2D eigenvalue weighted by Gasteiger charge is 2.30. The first-order valence-corrected chi connectivity index (χ1v) is 5.86. The largest absolute Gasteiger partial charge is 0.478 e. The van der Waals surface area contributed by atoms with E-state index in [1.807, 2.05) is 13.1 Å². The van der Waals surface area contributed by atoms with Gasteiger partial charge in [-0.25, -0.2) is 4.79 Å². The van der Waals surface area contributed by atoms with E-state index >= 15 is 0 Å². The average molecular weight is 234 g/mol. The van der Waals surface area contributed by atoms with Gasteiger partial charge in [-0.1, -0.05) is 0 Å². The zero-order valence-corrected chi connectivity index (χ0v) is 10.2. The summed E-state index contributed by atoms with van der Waals surface area (Å²) in [7, 11) is 2.00. The third-order valence-corrected chi connectivity index (χ3v) is 3.59. The van der Waals surface area contributed by atoms with Crippen LogP contribution in [0.2, 0.25) is 0 Å². The molecule has 1 aromatic carbocycles. The quantitative estimate of drug-likeness (QED) is 0.784. The minimum absolute atomic E-state index is 0.178. The normalized spacial score (nSPS) is 16.6. The van der Waals surface area contributed by atoms with Gasteiger partial charge in [0.1, 0.15) is 0 Å². The maximum absolute atomic E-state index is 11.0. The minimum Gasteiger partial charge on any atom is -0.478 e. The number of nitrogens with zero attached hydrogens (tertiary/aromatic N) is 1. The molecule has 0 aliphatic heterocycles. The van der Waals surface area contributed by atoms with Crippen LogP contribution in [0.3, 0.4) is 0 Å². The molecule has 1 saturated carbocycles. The Labute approximate surface area is 101 Å². The Kier molecular flexibility index (Phi) is 2.96. The number of benzene rings is 1. The third-order valence-electron chi connectivity index (χ3n) is 3.59. The molecule has 0 heterocycles. The van der Waals surface area contributed by atoms with Crippen molar-refractivity contribution in [2.24, 2.45) is 5.92 Å². The number of hydrogen-bond acceptors (Lipinski definition) is 3. The molecule has 3 N–H and O–H groups in total. The maximum Gasteiger partial charge on any atom is 0.337 e. The van der Waals surface area contributed by atoms with Crippen LogP contribution in [0.4, 0.5) is 11.4 Å². The van der Waals surface area contributed by atoms with Gasteiger partial charge in [-0.15, -0.1) is 0 Å². The molecule has 1 aliphatic carbocycles. The predicted octanol–water partition coefficient (Wildman–Crippen LogP) is 2.20. The molecule has 1 unspecified atom stereocenters. The van der Waals surface area contributed by atoms with Crippen molar-refractivity contribution in [3.8, 4) is 0 Å². The average Bonchev–Trinajstić information content (AvgIpc) is 3.11. The molecule has 0 saturated heterocycles. The summed E-state index contributed by atoms with van der Waals surface area (Å²) < 4.78 is 0. The van der Waals surface area contributed by atoms with Gasteiger partial charge in [0.25, 0.3) is 0 Å². The monoisotopic (exact) mass is 234 g/mol. The molecule has 1 aromatic rings. The number of carboxylic acid groups (broad SMARTS) is 1. The molecule has 92 valence electrons. The van der Waals surface area contributed by atoms with Gasteiger partial charge in [-0.05, 0) is 43.9 Å². The van der Waals surface area contributed by atoms with Crippen molar-refractivity contribution in [1.82, 2.24) is 0 Å². The Balaban J connectivity index is 2.25. The van der Waals surface area contributed by atoms with E-state index in [1.54, 1.807) is 12.1 Å². The van der Waals surface area contributed by atoms with Crippen LogP contribution in [0, 0.1) is 5.92 Å². The lowest BCUT2D eigenvalue weighted by Gasteiger charge is -2.27. The van der Waals surface area contributed by atoms with Crippen molar-refractivity contribution in [1.29, 1.82) is 0 Å². The number of nitrogen functional groups attached to an aromatic ring is 1. The van der Waals surface area contributed by atoms with Gasteiger partial charge in [-0.2, -0.15) is 0 Å². The summed E-state index contributed by atoms with van der Waals surface area (Å²) in [6, 6.07) is 5.63. The van der Waals surface area contributed by atoms with Crippen LogP contribution in [0.5, 0.6) is 0 Å². The van der Waals surface area contributed by atoms with E-state index in [1.165, 1.54) is 12.8 Å². The Morgan fingerprint density at radius 1 is 1.53 bits per heavy atom. The van der Waals surface area contributed by atoms with Crippen molar-refractivity contribution in [2.75, 3.05) is 17.7 Å². The molecular formula is C13H18N2O2. The van der Waals surface area contributed by atoms with Gasteiger partial charge >= 0.3 is 5.97 Å². The fourth-order valence-electron chi connectivity index (χ4n) is 2.08. The lowest BCUT2D eigenvalue weighted by atomic mass is 10.1. The minimum atomic E-state index is -0.975. The SMILES string of the molecule is CC(C1CC1)N(C)c1ccc(N)c(C(=O)O)c1.